The van der Waals surface area contributed by atoms with Gasteiger partial charge in [-0.3, -0.25) is 10.1 Å². The number of benzene rings is 1. The number of nitrogens with one attached hydrogen (secondary N) is 1. The number of ether oxygens (including phenoxy) is 1. The number of fused-ring (bicyclic) bond motifs is 1. The van der Waals surface area contributed by atoms with Crippen molar-refractivity contribution in [3.63, 3.8) is 0 Å². The molecule has 0 radical (unpaired) electrons. The number of nitro groups is 1. The number of rotatable bonds is 4. The Kier molecular flexibility index (Phi) is 4.99. The predicted molar refractivity (Wildman–Crippen MR) is 101 cm³/mol. The number of nitrogens with zero attached hydrogens (tertiary/aromatic N) is 3. The number of carbonyl (C=O) groups excluding carboxylic acids is 1. The Morgan fingerprint density at radius 2 is 2.27 bits per heavy atom. The predicted octanol–water partition coefficient (Wildman–Crippen LogP) is 3.87. The highest BCUT2D eigenvalue weighted by molar-refractivity contribution is 7.22. The second-order valence-electron chi connectivity index (χ2n) is 7.39. The fourth-order valence-electron chi connectivity index (χ4n) is 2.83. The molecule has 26 heavy (non-hydrogen) atoms. The Balaban J connectivity index is 1.56. The molecule has 1 aromatic heterocycles. The lowest BCUT2D eigenvalue weighted by atomic mass is 10.1. The number of non-ortho nitro benzene ring substituents is 1. The summed E-state index contributed by atoms with van der Waals surface area (Å²) in [6.45, 7) is 7.61. The molecule has 1 fully saturated rings. The van der Waals surface area contributed by atoms with Gasteiger partial charge in [-0.25, -0.2) is 9.78 Å². The molecule has 1 aromatic carbocycles. The Morgan fingerprint density at radius 1 is 1.50 bits per heavy atom. The third-order valence-corrected chi connectivity index (χ3v) is 5.06. The van der Waals surface area contributed by atoms with Gasteiger partial charge < -0.3 is 15.0 Å². The smallest absolute Gasteiger partial charge is 0.410 e. The average molecular weight is 378 g/mol. The minimum Gasteiger partial charge on any atom is -0.444 e. The fraction of sp³-hybridized carbons (Fsp3) is 0.529. The normalized spacial score (nSPS) is 17.5. The van der Waals surface area contributed by atoms with Crippen LogP contribution < -0.4 is 5.32 Å². The molecule has 0 aliphatic carbocycles. The number of carbonyl (C=O) groups is 1. The topological polar surface area (TPSA) is 97.6 Å². The zero-order valence-electron chi connectivity index (χ0n) is 15.0. The van der Waals surface area contributed by atoms with Crippen LogP contribution in [0.25, 0.3) is 10.2 Å². The maximum Gasteiger partial charge on any atom is 0.410 e. The van der Waals surface area contributed by atoms with Crippen LogP contribution in [-0.2, 0) is 4.74 Å². The summed E-state index contributed by atoms with van der Waals surface area (Å²) in [5, 5.41) is 14.9. The van der Waals surface area contributed by atoms with Crippen molar-refractivity contribution in [2.75, 3.05) is 25.0 Å². The van der Waals surface area contributed by atoms with Gasteiger partial charge in [0.25, 0.3) is 5.69 Å². The largest absolute Gasteiger partial charge is 0.444 e. The van der Waals surface area contributed by atoms with E-state index in [1.165, 1.54) is 23.5 Å². The van der Waals surface area contributed by atoms with Gasteiger partial charge in [-0.05, 0) is 39.2 Å². The first-order valence-electron chi connectivity index (χ1n) is 8.48. The van der Waals surface area contributed by atoms with Gasteiger partial charge in [0.2, 0.25) is 0 Å². The van der Waals surface area contributed by atoms with Crippen molar-refractivity contribution in [1.82, 2.24) is 9.88 Å². The Bertz CT molecular complexity index is 830. The van der Waals surface area contributed by atoms with Crippen LogP contribution in [0.4, 0.5) is 15.6 Å². The lowest BCUT2D eigenvalue weighted by molar-refractivity contribution is -0.384. The molecule has 0 unspecified atom stereocenters. The van der Waals surface area contributed by atoms with Gasteiger partial charge >= 0.3 is 6.09 Å². The van der Waals surface area contributed by atoms with E-state index in [0.717, 1.165) is 16.3 Å². The lowest BCUT2D eigenvalue weighted by Crippen LogP contribution is -2.35. The molecule has 140 valence electrons. The first kappa shape index (κ1) is 18.4. The van der Waals surface area contributed by atoms with Crippen molar-refractivity contribution in [2.45, 2.75) is 32.8 Å². The lowest BCUT2D eigenvalue weighted by Gasteiger charge is -2.24. The van der Waals surface area contributed by atoms with E-state index in [-0.39, 0.29) is 11.8 Å². The summed E-state index contributed by atoms with van der Waals surface area (Å²) in [5.41, 5.74) is 0.170. The van der Waals surface area contributed by atoms with Crippen LogP contribution in [0.2, 0.25) is 0 Å². The van der Waals surface area contributed by atoms with E-state index in [1.807, 2.05) is 20.8 Å². The van der Waals surface area contributed by atoms with E-state index in [4.69, 9.17) is 4.74 Å². The number of nitro benzene ring substituents is 1. The van der Waals surface area contributed by atoms with Gasteiger partial charge in [-0.15, -0.1) is 0 Å². The second kappa shape index (κ2) is 7.06. The maximum absolute atomic E-state index is 12.1. The van der Waals surface area contributed by atoms with Gasteiger partial charge in [0.1, 0.15) is 5.60 Å². The molecule has 0 bridgehead atoms. The molecule has 1 atom stereocenters. The second-order valence-corrected chi connectivity index (χ2v) is 8.42. The molecule has 1 aliphatic heterocycles. The molecule has 9 heteroatoms. The van der Waals surface area contributed by atoms with Gasteiger partial charge in [-0.1, -0.05) is 11.3 Å². The molecule has 8 nitrogen and oxygen atoms in total. The molecule has 1 amide bonds. The monoisotopic (exact) mass is 378 g/mol. The molecular weight excluding hydrogens is 356 g/mol. The molecule has 2 heterocycles. The van der Waals surface area contributed by atoms with Gasteiger partial charge in [-0.2, -0.15) is 0 Å². The van der Waals surface area contributed by atoms with Crippen LogP contribution in [0.1, 0.15) is 27.2 Å². The molecule has 0 spiro atoms. The number of aromatic nitrogens is 1. The average Bonchev–Trinajstić information content (AvgIpc) is 3.17. The van der Waals surface area contributed by atoms with Crippen molar-refractivity contribution in [3.8, 4) is 0 Å². The molecule has 2 aromatic rings. The zero-order valence-corrected chi connectivity index (χ0v) is 15.8. The first-order valence-corrected chi connectivity index (χ1v) is 9.30. The van der Waals surface area contributed by atoms with E-state index in [1.54, 1.807) is 11.0 Å². The minimum absolute atomic E-state index is 0.0399. The quantitative estimate of drug-likeness (QED) is 0.640. The summed E-state index contributed by atoms with van der Waals surface area (Å²) in [4.78, 5) is 28.7. The van der Waals surface area contributed by atoms with Crippen molar-refractivity contribution in [3.05, 3.63) is 28.3 Å². The van der Waals surface area contributed by atoms with Crippen molar-refractivity contribution < 1.29 is 14.5 Å². The molecule has 3 rings (SSSR count). The molecule has 1 saturated heterocycles. The van der Waals surface area contributed by atoms with Crippen molar-refractivity contribution in [2.24, 2.45) is 5.92 Å². The highest BCUT2D eigenvalue weighted by Crippen LogP contribution is 2.29. The van der Waals surface area contributed by atoms with Gasteiger partial charge in [0.05, 0.1) is 15.1 Å². The van der Waals surface area contributed by atoms with E-state index in [0.29, 0.717) is 31.1 Å². The van der Waals surface area contributed by atoms with Crippen LogP contribution in [-0.4, -0.2) is 46.1 Å². The Hall–Kier alpha value is -2.42. The van der Waals surface area contributed by atoms with Crippen molar-refractivity contribution >= 4 is 38.5 Å². The van der Waals surface area contributed by atoms with E-state index in [9.17, 15) is 14.9 Å². The molecule has 0 saturated carbocycles. The Labute approximate surface area is 155 Å². The highest BCUT2D eigenvalue weighted by Gasteiger charge is 2.29. The SMILES string of the molecule is CC(C)(C)OC(=O)N1CC[C@H](CNc2nc3cc([N+](=O)[O-])ccc3s2)C1. The number of anilines is 1. The standard InChI is InChI=1S/C17H22N4O4S/c1-17(2,3)25-16(22)20-7-6-11(10-20)9-18-15-19-13-8-12(21(23)24)4-5-14(13)26-15/h4-5,8,11H,6-7,9-10H2,1-3H3,(H,18,19)/t11-/m1/s1. The molecule has 1 N–H and O–H groups in total. The molecule has 1 aliphatic rings. The first-order chi connectivity index (χ1) is 12.2. The number of hydrogen-bond donors (Lipinski definition) is 1. The number of thiazole rings is 1. The van der Waals surface area contributed by atoms with Crippen LogP contribution in [0.15, 0.2) is 18.2 Å². The van der Waals surface area contributed by atoms with Crippen molar-refractivity contribution in [1.29, 1.82) is 0 Å². The summed E-state index contributed by atoms with van der Waals surface area (Å²) in [6.07, 6.45) is 0.634. The maximum atomic E-state index is 12.1. The highest BCUT2D eigenvalue weighted by atomic mass is 32.1. The third-order valence-electron chi connectivity index (χ3n) is 4.06. The van der Waals surface area contributed by atoms with Crippen LogP contribution in [0.3, 0.4) is 0 Å². The number of likely N-dealkylation sites (tertiary alicyclic amines) is 1. The third kappa shape index (κ3) is 4.40. The van der Waals surface area contributed by atoms with Gasteiger partial charge in [0, 0.05) is 31.8 Å². The summed E-state index contributed by atoms with van der Waals surface area (Å²) in [5.74, 6) is 0.323. The van der Waals surface area contributed by atoms with Gasteiger partial charge in [0.15, 0.2) is 5.13 Å². The summed E-state index contributed by atoms with van der Waals surface area (Å²) in [6, 6.07) is 4.69. The summed E-state index contributed by atoms with van der Waals surface area (Å²) >= 11 is 1.47. The number of hydrogen-bond acceptors (Lipinski definition) is 7. The summed E-state index contributed by atoms with van der Waals surface area (Å²) in [7, 11) is 0. The molecular formula is C17H22N4O4S. The van der Waals surface area contributed by atoms with E-state index >= 15 is 0 Å². The minimum atomic E-state index is -0.489. The van der Waals surface area contributed by atoms with Crippen LogP contribution in [0.5, 0.6) is 0 Å². The van der Waals surface area contributed by atoms with Crippen LogP contribution in [0, 0.1) is 16.0 Å². The van der Waals surface area contributed by atoms with E-state index < -0.39 is 10.5 Å². The fourth-order valence-corrected chi connectivity index (χ4v) is 3.68. The zero-order chi connectivity index (χ0) is 18.9. The van der Waals surface area contributed by atoms with Crippen LogP contribution >= 0.6 is 11.3 Å². The number of amides is 1. The Morgan fingerprint density at radius 3 is 2.96 bits per heavy atom. The van der Waals surface area contributed by atoms with E-state index in [2.05, 4.69) is 10.3 Å². The summed E-state index contributed by atoms with van der Waals surface area (Å²) < 4.78 is 6.31.